The standard InChI is InChI=1S/C22H38N4O2S.HI/c1-4-23-21(25-19-22(2,3)26-15-9-6-10-16-26)24-14-11-17-29(27,28)18-20-12-7-5-8-13-20;/h5,7-8,12-13H,4,6,9-11,14-19H2,1-3H3,(H2,23,24,25);1H. The molecule has 172 valence electrons. The fraction of sp³-hybridized carbons (Fsp3) is 0.682. The molecule has 0 unspecified atom stereocenters. The first kappa shape index (κ1) is 27.2. The summed E-state index contributed by atoms with van der Waals surface area (Å²) >= 11 is 0. The van der Waals surface area contributed by atoms with Gasteiger partial charge in [-0.3, -0.25) is 9.89 Å². The number of benzene rings is 1. The zero-order valence-electron chi connectivity index (χ0n) is 18.7. The van der Waals surface area contributed by atoms with E-state index in [9.17, 15) is 8.42 Å². The number of nitrogens with one attached hydrogen (secondary N) is 2. The molecule has 1 aromatic rings. The van der Waals surface area contributed by atoms with Crippen LogP contribution < -0.4 is 10.6 Å². The van der Waals surface area contributed by atoms with Gasteiger partial charge in [-0.05, 0) is 58.7 Å². The molecule has 2 N–H and O–H groups in total. The molecular formula is C22H39IN4O2S. The Kier molecular flexibility index (Phi) is 12.2. The van der Waals surface area contributed by atoms with Crippen molar-refractivity contribution in [1.29, 1.82) is 0 Å². The lowest BCUT2D eigenvalue weighted by molar-refractivity contribution is 0.102. The smallest absolute Gasteiger partial charge is 0.191 e. The average Bonchev–Trinajstić information content (AvgIpc) is 2.70. The van der Waals surface area contributed by atoms with Crippen molar-refractivity contribution in [1.82, 2.24) is 15.5 Å². The summed E-state index contributed by atoms with van der Waals surface area (Å²) in [4.78, 5) is 7.29. The average molecular weight is 551 g/mol. The van der Waals surface area contributed by atoms with Crippen LogP contribution in [0.5, 0.6) is 0 Å². The van der Waals surface area contributed by atoms with E-state index in [2.05, 4.69) is 29.4 Å². The highest BCUT2D eigenvalue weighted by molar-refractivity contribution is 14.0. The summed E-state index contributed by atoms with van der Waals surface area (Å²) < 4.78 is 24.6. The molecule has 0 aliphatic carbocycles. The van der Waals surface area contributed by atoms with Crippen molar-refractivity contribution in [2.75, 3.05) is 38.5 Å². The van der Waals surface area contributed by atoms with E-state index in [0.717, 1.165) is 31.2 Å². The van der Waals surface area contributed by atoms with Crippen LogP contribution in [0, 0.1) is 0 Å². The monoisotopic (exact) mass is 550 g/mol. The molecule has 0 amide bonds. The number of piperidine rings is 1. The van der Waals surface area contributed by atoms with Gasteiger partial charge in [-0.15, -0.1) is 24.0 Å². The maximum Gasteiger partial charge on any atom is 0.191 e. The lowest BCUT2D eigenvalue weighted by atomic mass is 9.99. The number of aliphatic imine (C=N–C) groups is 1. The molecule has 1 heterocycles. The summed E-state index contributed by atoms with van der Waals surface area (Å²) in [7, 11) is -3.10. The van der Waals surface area contributed by atoms with Gasteiger partial charge in [0, 0.05) is 18.6 Å². The molecule has 0 saturated carbocycles. The minimum absolute atomic E-state index is 0. The summed E-state index contributed by atoms with van der Waals surface area (Å²) in [6.45, 7) is 10.9. The zero-order chi connectivity index (χ0) is 21.2. The number of hydrogen-bond acceptors (Lipinski definition) is 4. The van der Waals surface area contributed by atoms with E-state index >= 15 is 0 Å². The third-order valence-corrected chi connectivity index (χ3v) is 7.02. The van der Waals surface area contributed by atoms with Gasteiger partial charge in [-0.2, -0.15) is 0 Å². The number of nitrogens with zero attached hydrogens (tertiary/aromatic N) is 2. The number of hydrogen-bond donors (Lipinski definition) is 2. The van der Waals surface area contributed by atoms with Gasteiger partial charge in [-0.1, -0.05) is 36.8 Å². The predicted molar refractivity (Wildman–Crippen MR) is 137 cm³/mol. The van der Waals surface area contributed by atoms with E-state index in [1.165, 1.54) is 19.3 Å². The first-order chi connectivity index (χ1) is 13.8. The number of guanidine groups is 1. The molecule has 0 bridgehead atoms. The predicted octanol–water partition coefficient (Wildman–Crippen LogP) is 3.43. The third kappa shape index (κ3) is 9.96. The maximum atomic E-state index is 12.3. The van der Waals surface area contributed by atoms with Crippen molar-refractivity contribution in [3.63, 3.8) is 0 Å². The number of sulfone groups is 1. The Labute approximate surface area is 200 Å². The molecule has 0 atom stereocenters. The van der Waals surface area contributed by atoms with Gasteiger partial charge in [0.1, 0.15) is 0 Å². The summed E-state index contributed by atoms with van der Waals surface area (Å²) in [6, 6.07) is 9.35. The van der Waals surface area contributed by atoms with Gasteiger partial charge in [0.2, 0.25) is 0 Å². The van der Waals surface area contributed by atoms with E-state index in [-0.39, 0.29) is 41.0 Å². The summed E-state index contributed by atoms with van der Waals surface area (Å²) in [5.74, 6) is 1.04. The van der Waals surface area contributed by atoms with Crippen molar-refractivity contribution in [3.8, 4) is 0 Å². The van der Waals surface area contributed by atoms with Gasteiger partial charge in [0.25, 0.3) is 0 Å². The Bertz CT molecular complexity index is 733. The third-order valence-electron chi connectivity index (χ3n) is 5.33. The number of halogens is 1. The van der Waals surface area contributed by atoms with Gasteiger partial charge < -0.3 is 10.6 Å². The molecule has 1 aromatic carbocycles. The van der Waals surface area contributed by atoms with Crippen LogP contribution in [0.3, 0.4) is 0 Å². The van der Waals surface area contributed by atoms with Crippen LogP contribution in [0.15, 0.2) is 35.3 Å². The maximum absolute atomic E-state index is 12.3. The molecule has 2 rings (SSSR count). The largest absolute Gasteiger partial charge is 0.357 e. The molecule has 1 fully saturated rings. The normalized spacial score (nSPS) is 16.0. The van der Waals surface area contributed by atoms with E-state index in [1.54, 1.807) is 0 Å². The molecule has 1 aliphatic rings. The lowest BCUT2D eigenvalue weighted by Gasteiger charge is -2.40. The lowest BCUT2D eigenvalue weighted by Crippen LogP contribution is -2.49. The van der Waals surface area contributed by atoms with Crippen LogP contribution in [0.25, 0.3) is 0 Å². The second-order valence-corrected chi connectivity index (χ2v) is 10.6. The summed E-state index contributed by atoms with van der Waals surface area (Å²) in [6.07, 6.45) is 4.42. The SMILES string of the molecule is CCNC(=NCC(C)(C)N1CCCCC1)NCCCS(=O)(=O)Cc1ccccc1.I. The van der Waals surface area contributed by atoms with Crippen LogP contribution in [0.2, 0.25) is 0 Å². The fourth-order valence-electron chi connectivity index (χ4n) is 3.61. The Hall–Kier alpha value is -0.870. The van der Waals surface area contributed by atoms with Crippen LogP contribution in [-0.4, -0.2) is 63.3 Å². The second kappa shape index (κ2) is 13.5. The molecule has 1 saturated heterocycles. The molecular weight excluding hydrogens is 511 g/mol. The first-order valence-electron chi connectivity index (χ1n) is 10.8. The van der Waals surface area contributed by atoms with Crippen LogP contribution >= 0.6 is 24.0 Å². The second-order valence-electron chi connectivity index (χ2n) is 8.41. The highest BCUT2D eigenvalue weighted by atomic mass is 127. The van der Waals surface area contributed by atoms with Gasteiger partial charge in [0.15, 0.2) is 15.8 Å². The highest BCUT2D eigenvalue weighted by Gasteiger charge is 2.27. The quantitative estimate of drug-likeness (QED) is 0.202. The molecule has 6 nitrogen and oxygen atoms in total. The van der Waals surface area contributed by atoms with Crippen LogP contribution in [0.4, 0.5) is 0 Å². The molecule has 0 aromatic heterocycles. The fourth-order valence-corrected chi connectivity index (χ4v) is 5.04. The molecule has 30 heavy (non-hydrogen) atoms. The number of likely N-dealkylation sites (tertiary alicyclic amines) is 1. The molecule has 1 aliphatic heterocycles. The minimum atomic E-state index is -3.10. The Morgan fingerprint density at radius 3 is 2.40 bits per heavy atom. The van der Waals surface area contributed by atoms with E-state index in [4.69, 9.17) is 4.99 Å². The Morgan fingerprint density at radius 1 is 1.10 bits per heavy atom. The van der Waals surface area contributed by atoms with Gasteiger partial charge >= 0.3 is 0 Å². The van der Waals surface area contributed by atoms with Crippen molar-refractivity contribution in [2.24, 2.45) is 4.99 Å². The van der Waals surface area contributed by atoms with Gasteiger partial charge in [0.05, 0.1) is 18.1 Å². The van der Waals surface area contributed by atoms with Crippen molar-refractivity contribution in [2.45, 2.75) is 57.7 Å². The van der Waals surface area contributed by atoms with Crippen LogP contribution in [-0.2, 0) is 15.6 Å². The van der Waals surface area contributed by atoms with Crippen molar-refractivity contribution in [3.05, 3.63) is 35.9 Å². The topological polar surface area (TPSA) is 73.8 Å². The molecule has 8 heteroatoms. The van der Waals surface area contributed by atoms with E-state index in [1.807, 2.05) is 37.3 Å². The van der Waals surface area contributed by atoms with Gasteiger partial charge in [-0.25, -0.2) is 8.42 Å². The minimum Gasteiger partial charge on any atom is -0.357 e. The van der Waals surface area contributed by atoms with Crippen molar-refractivity contribution >= 4 is 39.8 Å². The molecule has 0 radical (unpaired) electrons. The molecule has 0 spiro atoms. The Balaban J connectivity index is 0.00000450. The number of rotatable bonds is 10. The van der Waals surface area contributed by atoms with Crippen molar-refractivity contribution < 1.29 is 8.42 Å². The van der Waals surface area contributed by atoms with Crippen LogP contribution in [0.1, 0.15) is 52.0 Å². The van der Waals surface area contributed by atoms with E-state index < -0.39 is 9.84 Å². The summed E-state index contributed by atoms with van der Waals surface area (Å²) in [5, 5.41) is 6.56. The van der Waals surface area contributed by atoms with E-state index in [0.29, 0.717) is 19.5 Å². The Morgan fingerprint density at radius 2 is 1.77 bits per heavy atom. The highest BCUT2D eigenvalue weighted by Crippen LogP contribution is 2.20. The zero-order valence-corrected chi connectivity index (χ0v) is 21.8. The summed E-state index contributed by atoms with van der Waals surface area (Å²) in [5.41, 5.74) is 0.872. The first-order valence-corrected chi connectivity index (χ1v) is 12.7.